The van der Waals surface area contributed by atoms with Gasteiger partial charge < -0.3 is 15.1 Å². The third kappa shape index (κ3) is 7.52. The number of rotatable bonds is 7. The van der Waals surface area contributed by atoms with Gasteiger partial charge in [0.25, 0.3) is 0 Å². The van der Waals surface area contributed by atoms with Crippen LogP contribution in [0.15, 0.2) is 23.2 Å². The Bertz CT molecular complexity index is 786. The third-order valence-electron chi connectivity index (χ3n) is 4.73. The number of guanidine groups is 1. The molecule has 0 radical (unpaired) electrons. The van der Waals surface area contributed by atoms with Gasteiger partial charge in [-0.15, -0.1) is 24.0 Å². The van der Waals surface area contributed by atoms with Crippen molar-refractivity contribution in [3.63, 3.8) is 0 Å². The summed E-state index contributed by atoms with van der Waals surface area (Å²) in [6, 6.07) is 3.48. The Morgan fingerprint density at radius 3 is 2.45 bits per heavy atom. The average molecular weight is 545 g/mol. The molecule has 0 aromatic heterocycles. The number of aliphatic imine (C=N–C) groups is 1. The Morgan fingerprint density at radius 2 is 1.90 bits per heavy atom. The summed E-state index contributed by atoms with van der Waals surface area (Å²) in [7, 11) is -1.49. The van der Waals surface area contributed by atoms with Gasteiger partial charge in [0.2, 0.25) is 10.0 Å². The van der Waals surface area contributed by atoms with E-state index in [4.69, 9.17) is 0 Å². The fourth-order valence-electron chi connectivity index (χ4n) is 3.23. The van der Waals surface area contributed by atoms with Gasteiger partial charge in [-0.2, -0.15) is 0 Å². The molecule has 29 heavy (non-hydrogen) atoms. The SMILES string of the molecule is CCN(CCCNC(=NC)N1CCN(c2cc(F)ccc2F)CC1)S(C)(=O)=O.I. The molecule has 1 aromatic rings. The molecular formula is C18H30F2IN5O2S. The molecule has 0 spiro atoms. The number of hydrogen-bond acceptors (Lipinski definition) is 4. The third-order valence-corrected chi connectivity index (χ3v) is 6.11. The van der Waals surface area contributed by atoms with E-state index in [1.54, 1.807) is 7.05 Å². The van der Waals surface area contributed by atoms with Gasteiger partial charge in [0.1, 0.15) is 11.6 Å². The Labute approximate surface area is 189 Å². The summed E-state index contributed by atoms with van der Waals surface area (Å²) in [6.07, 6.45) is 1.87. The van der Waals surface area contributed by atoms with E-state index in [9.17, 15) is 17.2 Å². The molecule has 1 heterocycles. The molecule has 0 aliphatic carbocycles. The molecule has 166 valence electrons. The van der Waals surface area contributed by atoms with E-state index in [0.717, 1.165) is 18.1 Å². The van der Waals surface area contributed by atoms with Crippen LogP contribution in [0.3, 0.4) is 0 Å². The minimum absolute atomic E-state index is 0. The molecule has 0 atom stereocenters. The van der Waals surface area contributed by atoms with Gasteiger partial charge in [0, 0.05) is 58.9 Å². The molecule has 0 saturated carbocycles. The van der Waals surface area contributed by atoms with Crippen LogP contribution in [0.25, 0.3) is 0 Å². The molecule has 2 rings (SSSR count). The van der Waals surface area contributed by atoms with E-state index in [2.05, 4.69) is 15.2 Å². The normalized spacial score (nSPS) is 15.4. The monoisotopic (exact) mass is 545 g/mol. The van der Waals surface area contributed by atoms with Gasteiger partial charge in [0.15, 0.2) is 5.96 Å². The van der Waals surface area contributed by atoms with E-state index in [1.807, 2.05) is 11.8 Å². The second-order valence-corrected chi connectivity index (χ2v) is 8.63. The fraction of sp³-hybridized carbons (Fsp3) is 0.611. The fourth-order valence-corrected chi connectivity index (χ4v) is 4.16. The smallest absolute Gasteiger partial charge is 0.211 e. The van der Waals surface area contributed by atoms with Crippen LogP contribution in [0.1, 0.15) is 13.3 Å². The number of anilines is 1. The maximum atomic E-state index is 14.0. The highest BCUT2D eigenvalue weighted by molar-refractivity contribution is 14.0. The molecule has 0 amide bonds. The lowest BCUT2D eigenvalue weighted by molar-refractivity contribution is 0.368. The van der Waals surface area contributed by atoms with Crippen LogP contribution < -0.4 is 10.2 Å². The van der Waals surface area contributed by atoms with Gasteiger partial charge in [0.05, 0.1) is 11.9 Å². The lowest BCUT2D eigenvalue weighted by Gasteiger charge is -2.37. The highest BCUT2D eigenvalue weighted by Gasteiger charge is 2.22. The van der Waals surface area contributed by atoms with Gasteiger partial charge in [-0.1, -0.05) is 6.92 Å². The minimum atomic E-state index is -3.18. The number of hydrogen-bond donors (Lipinski definition) is 1. The van der Waals surface area contributed by atoms with Gasteiger partial charge in [-0.25, -0.2) is 21.5 Å². The van der Waals surface area contributed by atoms with Crippen LogP contribution in [0.2, 0.25) is 0 Å². The van der Waals surface area contributed by atoms with Crippen molar-refractivity contribution < 1.29 is 17.2 Å². The van der Waals surface area contributed by atoms with Gasteiger partial charge in [-0.3, -0.25) is 4.99 Å². The number of nitrogens with one attached hydrogen (secondary N) is 1. The first kappa shape index (κ1) is 25.8. The lowest BCUT2D eigenvalue weighted by Crippen LogP contribution is -2.53. The quantitative estimate of drug-likeness (QED) is 0.246. The summed E-state index contributed by atoms with van der Waals surface area (Å²) < 4.78 is 52.0. The standard InChI is InChI=1S/C18H29F2N5O2S.HI/c1-4-25(28(3,26)27)9-5-8-22-18(21-2)24-12-10-23(11-13-24)17-14-15(19)6-7-16(17)20;/h6-7,14H,4-5,8-13H2,1-3H3,(H,21,22);1H. The Kier molecular flexibility index (Phi) is 10.5. The van der Waals surface area contributed by atoms with Crippen LogP contribution in [0, 0.1) is 11.6 Å². The molecule has 1 fully saturated rings. The lowest BCUT2D eigenvalue weighted by atomic mass is 10.2. The van der Waals surface area contributed by atoms with Gasteiger partial charge >= 0.3 is 0 Å². The largest absolute Gasteiger partial charge is 0.366 e. The molecule has 1 aliphatic heterocycles. The van der Waals surface area contributed by atoms with E-state index in [-0.39, 0.29) is 29.7 Å². The molecule has 0 unspecified atom stereocenters. The molecule has 1 aliphatic rings. The first-order valence-corrected chi connectivity index (χ1v) is 11.2. The van der Waals surface area contributed by atoms with Crippen LogP contribution in [-0.4, -0.2) is 82.7 Å². The summed E-state index contributed by atoms with van der Waals surface area (Å²) in [5, 5.41) is 3.25. The van der Waals surface area contributed by atoms with Crippen molar-refractivity contribution in [2.45, 2.75) is 13.3 Å². The maximum absolute atomic E-state index is 14.0. The van der Waals surface area contributed by atoms with E-state index < -0.39 is 21.7 Å². The minimum Gasteiger partial charge on any atom is -0.366 e. The summed E-state index contributed by atoms with van der Waals surface area (Å²) in [4.78, 5) is 8.16. The Balaban J connectivity index is 0.00000420. The summed E-state index contributed by atoms with van der Waals surface area (Å²) in [5.41, 5.74) is 0.281. The molecular weight excluding hydrogens is 515 g/mol. The first-order valence-electron chi connectivity index (χ1n) is 9.37. The molecule has 7 nitrogen and oxygen atoms in total. The Hall–Kier alpha value is -1.21. The van der Waals surface area contributed by atoms with E-state index in [1.165, 1.54) is 16.6 Å². The van der Waals surface area contributed by atoms with Crippen LogP contribution in [0.4, 0.5) is 14.5 Å². The predicted octanol–water partition coefficient (Wildman–Crippen LogP) is 1.95. The van der Waals surface area contributed by atoms with Crippen molar-refractivity contribution in [1.82, 2.24) is 14.5 Å². The van der Waals surface area contributed by atoms with Crippen molar-refractivity contribution in [3.05, 3.63) is 29.8 Å². The zero-order valence-electron chi connectivity index (χ0n) is 17.1. The Morgan fingerprint density at radius 1 is 1.24 bits per heavy atom. The van der Waals surface area contributed by atoms with E-state index >= 15 is 0 Å². The van der Waals surface area contributed by atoms with Crippen molar-refractivity contribution in [2.75, 3.05) is 64.0 Å². The summed E-state index contributed by atoms with van der Waals surface area (Å²) in [6.45, 7) is 5.67. The number of benzene rings is 1. The van der Waals surface area contributed by atoms with Crippen LogP contribution in [0.5, 0.6) is 0 Å². The summed E-state index contributed by atoms with van der Waals surface area (Å²) >= 11 is 0. The second kappa shape index (κ2) is 11.8. The highest BCUT2D eigenvalue weighted by Crippen LogP contribution is 2.21. The number of sulfonamides is 1. The molecule has 1 N–H and O–H groups in total. The molecule has 0 bridgehead atoms. The zero-order valence-corrected chi connectivity index (χ0v) is 20.2. The second-order valence-electron chi connectivity index (χ2n) is 6.65. The maximum Gasteiger partial charge on any atom is 0.211 e. The number of halogens is 3. The molecule has 11 heteroatoms. The van der Waals surface area contributed by atoms with Gasteiger partial charge in [-0.05, 0) is 18.6 Å². The van der Waals surface area contributed by atoms with E-state index in [0.29, 0.717) is 52.2 Å². The first-order chi connectivity index (χ1) is 13.3. The predicted molar refractivity (Wildman–Crippen MR) is 124 cm³/mol. The zero-order chi connectivity index (χ0) is 20.7. The number of nitrogens with zero attached hydrogens (tertiary/aromatic N) is 4. The van der Waals surface area contributed by atoms with Crippen molar-refractivity contribution in [1.29, 1.82) is 0 Å². The van der Waals surface area contributed by atoms with Crippen molar-refractivity contribution in [3.8, 4) is 0 Å². The molecule has 1 aromatic carbocycles. The van der Waals surface area contributed by atoms with Crippen molar-refractivity contribution >= 4 is 45.6 Å². The average Bonchev–Trinajstić information content (AvgIpc) is 2.66. The van der Waals surface area contributed by atoms with Crippen LogP contribution in [-0.2, 0) is 10.0 Å². The summed E-state index contributed by atoms with van der Waals surface area (Å²) in [5.74, 6) is -0.156. The highest BCUT2D eigenvalue weighted by atomic mass is 127. The van der Waals surface area contributed by atoms with Crippen LogP contribution >= 0.6 is 24.0 Å². The molecule has 1 saturated heterocycles. The van der Waals surface area contributed by atoms with Crippen molar-refractivity contribution in [2.24, 2.45) is 4.99 Å². The number of piperazine rings is 1. The topological polar surface area (TPSA) is 68.2 Å².